The Bertz CT molecular complexity index is 1010. The van der Waals surface area contributed by atoms with Crippen LogP contribution in [-0.2, 0) is 28.6 Å². The van der Waals surface area contributed by atoms with E-state index in [1.807, 2.05) is 12.2 Å². The van der Waals surface area contributed by atoms with E-state index in [1.165, 1.54) is 128 Å². The number of allylic oxidation sites excluding steroid dienone is 8. The van der Waals surface area contributed by atoms with Gasteiger partial charge in [0.15, 0.2) is 6.10 Å². The van der Waals surface area contributed by atoms with E-state index in [-0.39, 0.29) is 37.5 Å². The third-order valence-corrected chi connectivity index (χ3v) is 10.4. The van der Waals surface area contributed by atoms with Crippen LogP contribution in [0.5, 0.6) is 0 Å². The van der Waals surface area contributed by atoms with Gasteiger partial charge >= 0.3 is 17.9 Å². The number of carbonyl (C=O) groups is 3. The molecule has 0 aromatic carbocycles. The molecule has 0 radical (unpaired) electrons. The van der Waals surface area contributed by atoms with Crippen LogP contribution in [0.3, 0.4) is 0 Å². The van der Waals surface area contributed by atoms with Crippen molar-refractivity contribution >= 4 is 17.9 Å². The summed E-state index contributed by atoms with van der Waals surface area (Å²) in [7, 11) is 0. The summed E-state index contributed by atoms with van der Waals surface area (Å²) in [6.07, 6.45) is 54.1. The van der Waals surface area contributed by atoms with E-state index < -0.39 is 6.10 Å². The minimum atomic E-state index is -0.804. The Balaban J connectivity index is 4.33. The van der Waals surface area contributed by atoms with Gasteiger partial charge in [0, 0.05) is 19.3 Å². The SMILES string of the molecule is CC/C=C\C/C=C\C/C=C\C/C=C\CCC(=O)OC(COC(=O)CCCCCCCCCC)COC(=O)CCCCCCCCCCCCCCCCCCCC. The zero-order chi connectivity index (χ0) is 41.5. The van der Waals surface area contributed by atoms with E-state index in [0.29, 0.717) is 19.3 Å². The van der Waals surface area contributed by atoms with Gasteiger partial charge in [-0.1, -0.05) is 223 Å². The highest BCUT2D eigenvalue weighted by Crippen LogP contribution is 2.15. The molecule has 0 N–H and O–H groups in total. The van der Waals surface area contributed by atoms with Crippen molar-refractivity contribution < 1.29 is 28.6 Å². The van der Waals surface area contributed by atoms with Crippen LogP contribution in [0.15, 0.2) is 48.6 Å². The molecule has 1 unspecified atom stereocenters. The van der Waals surface area contributed by atoms with Crippen LogP contribution in [-0.4, -0.2) is 37.2 Å². The Kier molecular flexibility index (Phi) is 43.9. The van der Waals surface area contributed by atoms with E-state index in [2.05, 4.69) is 57.2 Å². The number of hydrogen-bond donors (Lipinski definition) is 0. The van der Waals surface area contributed by atoms with Crippen LogP contribution < -0.4 is 0 Å². The Hall–Kier alpha value is -2.63. The summed E-state index contributed by atoms with van der Waals surface area (Å²) < 4.78 is 16.6. The number of esters is 3. The van der Waals surface area contributed by atoms with E-state index >= 15 is 0 Å². The van der Waals surface area contributed by atoms with Crippen molar-refractivity contribution in [3.63, 3.8) is 0 Å². The van der Waals surface area contributed by atoms with Crippen molar-refractivity contribution in [1.29, 1.82) is 0 Å². The summed E-state index contributed by atoms with van der Waals surface area (Å²) in [5.74, 6) is -0.981. The van der Waals surface area contributed by atoms with E-state index in [1.54, 1.807) is 0 Å². The summed E-state index contributed by atoms with van der Waals surface area (Å²) in [5.41, 5.74) is 0. The molecular weight excluding hydrogens is 709 g/mol. The predicted octanol–water partition coefficient (Wildman–Crippen LogP) is 15.5. The zero-order valence-corrected chi connectivity index (χ0v) is 37.6. The maximum absolute atomic E-state index is 12.7. The monoisotopic (exact) mass is 799 g/mol. The highest BCUT2D eigenvalue weighted by molar-refractivity contribution is 5.71. The zero-order valence-electron chi connectivity index (χ0n) is 37.6. The molecule has 0 rings (SSSR count). The molecule has 0 aliphatic heterocycles. The molecule has 330 valence electrons. The molecule has 0 aliphatic carbocycles. The number of carbonyl (C=O) groups excluding carboxylic acids is 3. The Morgan fingerprint density at radius 1 is 0.368 bits per heavy atom. The van der Waals surface area contributed by atoms with Crippen molar-refractivity contribution in [2.45, 2.75) is 245 Å². The van der Waals surface area contributed by atoms with Crippen molar-refractivity contribution in [3.8, 4) is 0 Å². The molecule has 0 heterocycles. The summed E-state index contributed by atoms with van der Waals surface area (Å²) in [6, 6.07) is 0. The summed E-state index contributed by atoms with van der Waals surface area (Å²) in [6.45, 7) is 6.44. The molecule has 6 nitrogen and oxygen atoms in total. The predicted molar refractivity (Wildman–Crippen MR) is 242 cm³/mol. The topological polar surface area (TPSA) is 78.9 Å². The normalized spacial score (nSPS) is 12.4. The van der Waals surface area contributed by atoms with Crippen molar-refractivity contribution in [2.75, 3.05) is 13.2 Å². The van der Waals surface area contributed by atoms with Crippen LogP contribution in [0, 0.1) is 0 Å². The third-order valence-electron chi connectivity index (χ3n) is 10.4. The minimum absolute atomic E-state index is 0.0986. The van der Waals surface area contributed by atoms with E-state index in [4.69, 9.17) is 14.2 Å². The van der Waals surface area contributed by atoms with Crippen molar-refractivity contribution in [2.24, 2.45) is 0 Å². The quantitative estimate of drug-likeness (QED) is 0.0265. The maximum atomic E-state index is 12.7. The Morgan fingerprint density at radius 2 is 0.684 bits per heavy atom. The first-order chi connectivity index (χ1) is 28.0. The maximum Gasteiger partial charge on any atom is 0.306 e. The highest BCUT2D eigenvalue weighted by Gasteiger charge is 2.19. The average molecular weight is 799 g/mol. The second-order valence-electron chi connectivity index (χ2n) is 16.0. The molecule has 0 saturated carbocycles. The molecule has 0 aromatic rings. The fourth-order valence-electron chi connectivity index (χ4n) is 6.75. The van der Waals surface area contributed by atoms with Gasteiger partial charge in [0.1, 0.15) is 13.2 Å². The van der Waals surface area contributed by atoms with Crippen LogP contribution >= 0.6 is 0 Å². The van der Waals surface area contributed by atoms with E-state index in [9.17, 15) is 14.4 Å². The molecular formula is C51H90O6. The second-order valence-corrected chi connectivity index (χ2v) is 16.0. The summed E-state index contributed by atoms with van der Waals surface area (Å²) in [5, 5.41) is 0. The van der Waals surface area contributed by atoms with Gasteiger partial charge in [-0.25, -0.2) is 0 Å². The molecule has 0 saturated heterocycles. The first kappa shape index (κ1) is 54.4. The molecule has 1 atom stereocenters. The lowest BCUT2D eigenvalue weighted by Gasteiger charge is -2.18. The van der Waals surface area contributed by atoms with Gasteiger partial charge in [0.25, 0.3) is 0 Å². The van der Waals surface area contributed by atoms with Gasteiger partial charge in [-0.3, -0.25) is 14.4 Å². The summed E-state index contributed by atoms with van der Waals surface area (Å²) in [4.78, 5) is 37.7. The lowest BCUT2D eigenvalue weighted by Crippen LogP contribution is -2.30. The molecule has 0 aliphatic rings. The van der Waals surface area contributed by atoms with Crippen LogP contribution in [0.25, 0.3) is 0 Å². The first-order valence-electron chi connectivity index (χ1n) is 24.1. The summed E-state index contributed by atoms with van der Waals surface area (Å²) >= 11 is 0. The van der Waals surface area contributed by atoms with Gasteiger partial charge in [-0.2, -0.15) is 0 Å². The van der Waals surface area contributed by atoms with Gasteiger partial charge < -0.3 is 14.2 Å². The van der Waals surface area contributed by atoms with Crippen LogP contribution in [0.4, 0.5) is 0 Å². The first-order valence-corrected chi connectivity index (χ1v) is 24.1. The van der Waals surface area contributed by atoms with Crippen molar-refractivity contribution in [3.05, 3.63) is 48.6 Å². The number of unbranched alkanes of at least 4 members (excludes halogenated alkanes) is 24. The minimum Gasteiger partial charge on any atom is -0.462 e. The van der Waals surface area contributed by atoms with Crippen LogP contribution in [0.1, 0.15) is 239 Å². The van der Waals surface area contributed by atoms with Gasteiger partial charge in [-0.05, 0) is 44.9 Å². The molecule has 0 aromatic heterocycles. The van der Waals surface area contributed by atoms with E-state index in [0.717, 1.165) is 64.2 Å². The Morgan fingerprint density at radius 3 is 1.04 bits per heavy atom. The smallest absolute Gasteiger partial charge is 0.306 e. The average Bonchev–Trinajstić information content (AvgIpc) is 3.21. The third kappa shape index (κ3) is 44.3. The standard InChI is InChI=1S/C51H90O6/c1-4-7-10-13-16-19-21-23-24-25-26-27-29-30-32-35-38-41-44-50(53)56-47-48(46-55-49(52)43-40-37-34-18-15-12-9-6-3)57-51(54)45-42-39-36-33-31-28-22-20-17-14-11-8-5-2/h8,11,17,20,28,31,36,39,48H,4-7,9-10,12-16,18-19,21-27,29-30,32-35,37-38,40-47H2,1-3H3/b11-8-,20-17-,31-28-,39-36-. The van der Waals surface area contributed by atoms with Gasteiger partial charge in [0.2, 0.25) is 0 Å². The fraction of sp³-hybridized carbons (Fsp3) is 0.784. The molecule has 0 amide bonds. The highest BCUT2D eigenvalue weighted by atomic mass is 16.6. The second kappa shape index (κ2) is 46.1. The number of hydrogen-bond acceptors (Lipinski definition) is 6. The molecule has 0 fully saturated rings. The number of rotatable bonds is 43. The van der Waals surface area contributed by atoms with Crippen LogP contribution in [0.2, 0.25) is 0 Å². The lowest BCUT2D eigenvalue weighted by molar-refractivity contribution is -0.166. The largest absolute Gasteiger partial charge is 0.462 e. The van der Waals surface area contributed by atoms with Gasteiger partial charge in [-0.15, -0.1) is 0 Å². The molecule has 57 heavy (non-hydrogen) atoms. The van der Waals surface area contributed by atoms with Gasteiger partial charge in [0.05, 0.1) is 0 Å². The lowest BCUT2D eigenvalue weighted by atomic mass is 10.0. The molecule has 0 bridgehead atoms. The molecule has 6 heteroatoms. The fourth-order valence-corrected chi connectivity index (χ4v) is 6.75. The Labute approximate surface area is 352 Å². The number of ether oxygens (including phenoxy) is 3. The van der Waals surface area contributed by atoms with Crippen molar-refractivity contribution in [1.82, 2.24) is 0 Å². The molecule has 0 spiro atoms.